The molecule has 0 saturated carbocycles. The fraction of sp³-hybridized carbons (Fsp3) is 0.267. The quantitative estimate of drug-likeness (QED) is 0.441. The van der Waals surface area contributed by atoms with E-state index in [2.05, 4.69) is 10.6 Å². The summed E-state index contributed by atoms with van der Waals surface area (Å²) < 4.78 is 12.9. The predicted molar refractivity (Wildman–Crippen MR) is 80.9 cm³/mol. The van der Waals surface area contributed by atoms with Crippen molar-refractivity contribution in [1.29, 1.82) is 10.7 Å². The summed E-state index contributed by atoms with van der Waals surface area (Å²) in [7, 11) is 0. The number of piperazine rings is 1. The highest BCUT2D eigenvalue weighted by Crippen LogP contribution is 2.14. The molecule has 7 heteroatoms. The first-order valence-corrected chi connectivity index (χ1v) is 6.83. The molecule has 0 atom stereocenters. The fourth-order valence-corrected chi connectivity index (χ4v) is 2.18. The summed E-state index contributed by atoms with van der Waals surface area (Å²) in [5.41, 5.74) is 0.564. The van der Waals surface area contributed by atoms with Gasteiger partial charge in [0.2, 0.25) is 0 Å². The number of amides is 1. The number of nitrogens with one attached hydrogen (secondary N) is 3. The largest absolute Gasteiger partial charge is 0.367 e. The predicted octanol–water partition coefficient (Wildman–Crippen LogP) is 1.10. The molecule has 1 aliphatic heterocycles. The smallest absolute Gasteiger partial charge is 0.268 e. The second-order valence-corrected chi connectivity index (χ2v) is 4.71. The number of hydrogen-bond donors (Lipinski definition) is 3. The molecule has 0 aliphatic carbocycles. The van der Waals surface area contributed by atoms with Crippen molar-refractivity contribution in [3.8, 4) is 6.07 Å². The van der Waals surface area contributed by atoms with Crippen LogP contribution in [-0.2, 0) is 4.79 Å². The Labute approximate surface area is 127 Å². The van der Waals surface area contributed by atoms with E-state index in [-0.39, 0.29) is 5.57 Å². The van der Waals surface area contributed by atoms with Crippen LogP contribution in [0.15, 0.2) is 35.5 Å². The molecule has 6 nitrogen and oxygen atoms in total. The van der Waals surface area contributed by atoms with Crippen molar-refractivity contribution in [1.82, 2.24) is 10.2 Å². The lowest BCUT2D eigenvalue weighted by Gasteiger charge is -2.30. The average molecular weight is 301 g/mol. The van der Waals surface area contributed by atoms with Gasteiger partial charge < -0.3 is 20.9 Å². The molecule has 1 aromatic carbocycles. The monoisotopic (exact) mass is 301 g/mol. The second kappa shape index (κ2) is 7.33. The lowest BCUT2D eigenvalue weighted by molar-refractivity contribution is -0.112. The van der Waals surface area contributed by atoms with Gasteiger partial charge in [-0.15, -0.1) is 0 Å². The van der Waals surface area contributed by atoms with Crippen LogP contribution in [0.3, 0.4) is 0 Å². The number of halogens is 1. The van der Waals surface area contributed by atoms with Crippen molar-refractivity contribution >= 4 is 17.8 Å². The number of carbonyl (C=O) groups excluding carboxylic acids is 1. The Bertz CT molecular complexity index is 626. The van der Waals surface area contributed by atoms with E-state index in [1.165, 1.54) is 24.3 Å². The molecular formula is C15H16FN5O. The molecule has 0 spiro atoms. The van der Waals surface area contributed by atoms with E-state index in [9.17, 15) is 14.4 Å². The van der Waals surface area contributed by atoms with Crippen molar-refractivity contribution in [2.24, 2.45) is 0 Å². The third-order valence-electron chi connectivity index (χ3n) is 3.29. The third kappa shape index (κ3) is 3.68. The molecule has 114 valence electrons. The Morgan fingerprint density at radius 2 is 2.00 bits per heavy atom. The standard InChI is InChI=1S/C15H16FN5O/c16-11-1-3-12(4-2-11)20-15(22)13(9-17)14(10-18)21-7-5-19-6-8-21/h1-4,10,18-19H,5-8H2,(H,20,22)/b14-13+,18-10?. The van der Waals surface area contributed by atoms with Gasteiger partial charge in [-0.3, -0.25) is 4.79 Å². The highest BCUT2D eigenvalue weighted by molar-refractivity contribution is 6.09. The highest BCUT2D eigenvalue weighted by atomic mass is 19.1. The van der Waals surface area contributed by atoms with Crippen LogP contribution in [0.2, 0.25) is 0 Å². The summed E-state index contributed by atoms with van der Waals surface area (Å²) >= 11 is 0. The molecule has 1 aliphatic rings. The zero-order chi connectivity index (χ0) is 15.9. The van der Waals surface area contributed by atoms with E-state index >= 15 is 0 Å². The van der Waals surface area contributed by atoms with Gasteiger partial charge in [0.05, 0.1) is 5.70 Å². The summed E-state index contributed by atoms with van der Waals surface area (Å²) in [6, 6.07) is 7.13. The summed E-state index contributed by atoms with van der Waals surface area (Å²) in [5.74, 6) is -1.01. The second-order valence-electron chi connectivity index (χ2n) is 4.71. The van der Waals surface area contributed by atoms with Gasteiger partial charge in [-0.05, 0) is 24.3 Å². The Morgan fingerprint density at radius 1 is 1.36 bits per heavy atom. The molecule has 1 amide bonds. The average Bonchev–Trinajstić information content (AvgIpc) is 2.55. The van der Waals surface area contributed by atoms with Crippen molar-refractivity contribution in [2.75, 3.05) is 31.5 Å². The van der Waals surface area contributed by atoms with Crippen LogP contribution in [0, 0.1) is 22.6 Å². The van der Waals surface area contributed by atoms with E-state index in [4.69, 9.17) is 5.41 Å². The maximum atomic E-state index is 12.9. The van der Waals surface area contributed by atoms with Crippen LogP contribution in [0.4, 0.5) is 10.1 Å². The van der Waals surface area contributed by atoms with Gasteiger partial charge in [-0.2, -0.15) is 5.26 Å². The van der Waals surface area contributed by atoms with Crippen LogP contribution >= 0.6 is 0 Å². The molecule has 0 radical (unpaired) electrons. The fourth-order valence-electron chi connectivity index (χ4n) is 2.18. The van der Waals surface area contributed by atoms with Crippen molar-refractivity contribution in [3.05, 3.63) is 41.4 Å². The number of hydrogen-bond acceptors (Lipinski definition) is 5. The Morgan fingerprint density at radius 3 is 2.55 bits per heavy atom. The lowest BCUT2D eigenvalue weighted by Crippen LogP contribution is -2.44. The minimum atomic E-state index is -0.605. The van der Waals surface area contributed by atoms with Gasteiger partial charge >= 0.3 is 0 Å². The van der Waals surface area contributed by atoms with Crippen LogP contribution < -0.4 is 10.6 Å². The first-order chi connectivity index (χ1) is 10.7. The minimum Gasteiger partial charge on any atom is -0.367 e. The number of allylic oxidation sites excluding steroid dienone is 1. The molecule has 2 rings (SSSR count). The summed E-state index contributed by atoms with van der Waals surface area (Å²) in [6.07, 6.45) is 1.02. The van der Waals surface area contributed by atoms with Gasteiger partial charge in [0.1, 0.15) is 17.5 Å². The zero-order valence-corrected chi connectivity index (χ0v) is 11.9. The topological polar surface area (TPSA) is 92.0 Å². The van der Waals surface area contributed by atoms with E-state index in [1.807, 2.05) is 11.0 Å². The molecule has 1 aromatic rings. The van der Waals surface area contributed by atoms with E-state index < -0.39 is 11.7 Å². The molecule has 0 unspecified atom stereocenters. The van der Waals surface area contributed by atoms with Crippen LogP contribution in [0.5, 0.6) is 0 Å². The van der Waals surface area contributed by atoms with Crippen molar-refractivity contribution in [2.45, 2.75) is 0 Å². The number of anilines is 1. The number of nitrogens with zero attached hydrogens (tertiary/aromatic N) is 2. The number of nitriles is 1. The third-order valence-corrected chi connectivity index (χ3v) is 3.29. The minimum absolute atomic E-state index is 0.124. The molecule has 1 fully saturated rings. The normalized spacial score (nSPS) is 15.5. The molecule has 1 heterocycles. The Balaban J connectivity index is 2.22. The maximum absolute atomic E-state index is 12.9. The van der Waals surface area contributed by atoms with Crippen molar-refractivity contribution in [3.63, 3.8) is 0 Å². The summed E-state index contributed by atoms with van der Waals surface area (Å²) in [5, 5.41) is 22.5. The molecule has 0 aromatic heterocycles. The summed E-state index contributed by atoms with van der Waals surface area (Å²) in [4.78, 5) is 14.1. The van der Waals surface area contributed by atoms with Gasteiger partial charge in [-0.1, -0.05) is 0 Å². The lowest BCUT2D eigenvalue weighted by atomic mass is 10.1. The first kappa shape index (κ1) is 15.7. The van der Waals surface area contributed by atoms with Crippen LogP contribution in [0.1, 0.15) is 0 Å². The van der Waals surface area contributed by atoms with Gasteiger partial charge in [-0.25, -0.2) is 4.39 Å². The van der Waals surface area contributed by atoms with Gasteiger partial charge in [0.15, 0.2) is 0 Å². The molecular weight excluding hydrogens is 285 g/mol. The molecule has 3 N–H and O–H groups in total. The molecule has 0 bridgehead atoms. The van der Waals surface area contributed by atoms with Crippen LogP contribution in [0.25, 0.3) is 0 Å². The zero-order valence-electron chi connectivity index (χ0n) is 11.9. The van der Waals surface area contributed by atoms with Crippen LogP contribution in [-0.4, -0.2) is 43.2 Å². The van der Waals surface area contributed by atoms with E-state index in [1.54, 1.807) is 0 Å². The van der Waals surface area contributed by atoms with E-state index in [0.29, 0.717) is 24.5 Å². The SMILES string of the molecule is N#C/C(C(=O)Nc1ccc(F)cc1)=C(/C=N)N1CCNCC1. The highest BCUT2D eigenvalue weighted by Gasteiger charge is 2.20. The maximum Gasteiger partial charge on any atom is 0.268 e. The van der Waals surface area contributed by atoms with E-state index in [0.717, 1.165) is 19.3 Å². The number of rotatable bonds is 4. The molecule has 22 heavy (non-hydrogen) atoms. The first-order valence-electron chi connectivity index (χ1n) is 6.83. The van der Waals surface area contributed by atoms with Gasteiger partial charge in [0, 0.05) is 38.1 Å². The Kier molecular flexibility index (Phi) is 5.22. The Hall–Kier alpha value is -2.72. The number of benzene rings is 1. The number of carbonyl (C=O) groups is 1. The van der Waals surface area contributed by atoms with Crippen molar-refractivity contribution < 1.29 is 9.18 Å². The van der Waals surface area contributed by atoms with Gasteiger partial charge in [0.25, 0.3) is 5.91 Å². The molecule has 1 saturated heterocycles. The summed E-state index contributed by atoms with van der Waals surface area (Å²) in [6.45, 7) is 2.71.